The first-order chi connectivity index (χ1) is 12.7. The molecule has 0 bridgehead atoms. The van der Waals surface area contributed by atoms with E-state index in [2.05, 4.69) is 37.0 Å². The van der Waals surface area contributed by atoms with Gasteiger partial charge in [-0.1, -0.05) is 59.9 Å². The zero-order chi connectivity index (χ0) is 17.9. The van der Waals surface area contributed by atoms with Gasteiger partial charge in [0.15, 0.2) is 0 Å². The SMILES string of the molecule is Cc1cccc(CN2CCn3cc(C#Cc4ccccc4)cc3C2=O)c1. The Balaban J connectivity index is 1.54. The molecule has 3 heteroatoms. The Labute approximate surface area is 153 Å². The lowest BCUT2D eigenvalue weighted by atomic mass is 10.1. The summed E-state index contributed by atoms with van der Waals surface area (Å²) in [7, 11) is 0. The number of benzene rings is 2. The molecule has 0 N–H and O–H groups in total. The van der Waals surface area contributed by atoms with Crippen LogP contribution in [-0.4, -0.2) is 21.9 Å². The highest BCUT2D eigenvalue weighted by Crippen LogP contribution is 2.18. The molecule has 3 nitrogen and oxygen atoms in total. The molecule has 2 aromatic carbocycles. The molecule has 0 fully saturated rings. The Morgan fingerprint density at radius 3 is 2.54 bits per heavy atom. The molecular weight excluding hydrogens is 320 g/mol. The van der Waals surface area contributed by atoms with Gasteiger partial charge in [-0.05, 0) is 30.7 Å². The van der Waals surface area contributed by atoms with Crippen LogP contribution in [0.3, 0.4) is 0 Å². The van der Waals surface area contributed by atoms with E-state index in [9.17, 15) is 4.79 Å². The number of fused-ring (bicyclic) bond motifs is 1. The van der Waals surface area contributed by atoms with E-state index in [0.29, 0.717) is 6.54 Å². The van der Waals surface area contributed by atoms with Crippen molar-refractivity contribution in [2.75, 3.05) is 6.54 Å². The molecule has 0 unspecified atom stereocenters. The lowest BCUT2D eigenvalue weighted by Crippen LogP contribution is -2.39. The van der Waals surface area contributed by atoms with E-state index in [0.717, 1.165) is 29.9 Å². The quantitative estimate of drug-likeness (QED) is 0.651. The predicted octanol–water partition coefficient (Wildman–Crippen LogP) is 3.85. The molecule has 0 spiro atoms. The topological polar surface area (TPSA) is 25.2 Å². The molecule has 0 radical (unpaired) electrons. The fraction of sp³-hybridized carbons (Fsp3) is 0.174. The summed E-state index contributed by atoms with van der Waals surface area (Å²) in [5.74, 6) is 6.40. The number of rotatable bonds is 2. The number of carbonyl (C=O) groups is 1. The molecule has 1 aliphatic rings. The van der Waals surface area contributed by atoms with Gasteiger partial charge < -0.3 is 9.47 Å². The highest BCUT2D eigenvalue weighted by molar-refractivity contribution is 5.94. The van der Waals surface area contributed by atoms with Crippen molar-refractivity contribution < 1.29 is 4.79 Å². The first kappa shape index (κ1) is 16.2. The van der Waals surface area contributed by atoms with Crippen LogP contribution in [0.5, 0.6) is 0 Å². The Hall–Kier alpha value is -3.25. The van der Waals surface area contributed by atoms with Crippen LogP contribution in [-0.2, 0) is 13.1 Å². The molecule has 1 aromatic heterocycles. The second-order valence-corrected chi connectivity index (χ2v) is 6.64. The average molecular weight is 340 g/mol. The molecule has 1 amide bonds. The van der Waals surface area contributed by atoms with Gasteiger partial charge in [-0.3, -0.25) is 4.79 Å². The molecule has 3 aromatic rings. The fourth-order valence-corrected chi connectivity index (χ4v) is 3.28. The van der Waals surface area contributed by atoms with E-state index in [4.69, 9.17) is 0 Å². The smallest absolute Gasteiger partial charge is 0.270 e. The summed E-state index contributed by atoms with van der Waals surface area (Å²) in [6.45, 7) is 4.25. The van der Waals surface area contributed by atoms with E-state index in [-0.39, 0.29) is 5.91 Å². The summed E-state index contributed by atoms with van der Waals surface area (Å²) in [6, 6.07) is 20.1. The molecule has 26 heavy (non-hydrogen) atoms. The largest absolute Gasteiger partial charge is 0.340 e. The fourth-order valence-electron chi connectivity index (χ4n) is 3.28. The molecule has 128 valence electrons. The third kappa shape index (κ3) is 3.41. The molecule has 0 saturated carbocycles. The van der Waals surface area contributed by atoms with Crippen molar-refractivity contribution in [2.45, 2.75) is 20.0 Å². The molecule has 0 aliphatic carbocycles. The van der Waals surface area contributed by atoms with Gasteiger partial charge in [0.1, 0.15) is 5.69 Å². The molecule has 0 saturated heterocycles. The van der Waals surface area contributed by atoms with Gasteiger partial charge in [-0.15, -0.1) is 0 Å². The highest BCUT2D eigenvalue weighted by atomic mass is 16.2. The summed E-state index contributed by atoms with van der Waals surface area (Å²) in [4.78, 5) is 14.8. The van der Waals surface area contributed by atoms with E-state index in [1.807, 2.05) is 58.1 Å². The van der Waals surface area contributed by atoms with Gasteiger partial charge >= 0.3 is 0 Å². The third-order valence-corrected chi connectivity index (χ3v) is 4.59. The lowest BCUT2D eigenvalue weighted by Gasteiger charge is -2.28. The highest BCUT2D eigenvalue weighted by Gasteiger charge is 2.25. The minimum absolute atomic E-state index is 0.0746. The van der Waals surface area contributed by atoms with E-state index < -0.39 is 0 Å². The molecule has 4 rings (SSSR count). The average Bonchev–Trinajstić information content (AvgIpc) is 3.07. The van der Waals surface area contributed by atoms with Gasteiger partial charge in [0, 0.05) is 37.0 Å². The summed E-state index contributed by atoms with van der Waals surface area (Å²) in [5, 5.41) is 0. The van der Waals surface area contributed by atoms with Crippen LogP contribution in [0.15, 0.2) is 66.9 Å². The molecule has 0 atom stereocenters. The van der Waals surface area contributed by atoms with Crippen LogP contribution >= 0.6 is 0 Å². The first-order valence-corrected chi connectivity index (χ1v) is 8.81. The Morgan fingerprint density at radius 2 is 1.73 bits per heavy atom. The van der Waals surface area contributed by atoms with Crippen LogP contribution in [0.1, 0.15) is 32.7 Å². The molecular formula is C23H20N2O. The van der Waals surface area contributed by atoms with E-state index >= 15 is 0 Å². The number of hydrogen-bond donors (Lipinski definition) is 0. The number of nitrogens with zero attached hydrogens (tertiary/aromatic N) is 2. The van der Waals surface area contributed by atoms with Crippen molar-refractivity contribution in [1.82, 2.24) is 9.47 Å². The van der Waals surface area contributed by atoms with Crippen LogP contribution < -0.4 is 0 Å². The maximum atomic E-state index is 12.9. The second kappa shape index (κ2) is 6.93. The third-order valence-electron chi connectivity index (χ3n) is 4.59. The summed E-state index contributed by atoms with van der Waals surface area (Å²) in [5.41, 5.74) is 4.97. The maximum Gasteiger partial charge on any atom is 0.270 e. The van der Waals surface area contributed by atoms with Crippen molar-refractivity contribution in [3.8, 4) is 11.8 Å². The summed E-state index contributed by atoms with van der Waals surface area (Å²) in [6.07, 6.45) is 1.98. The van der Waals surface area contributed by atoms with E-state index in [1.54, 1.807) is 0 Å². The van der Waals surface area contributed by atoms with Crippen molar-refractivity contribution in [3.05, 3.63) is 94.8 Å². The molecule has 2 heterocycles. The van der Waals surface area contributed by atoms with Gasteiger partial charge in [0.2, 0.25) is 0 Å². The van der Waals surface area contributed by atoms with Crippen molar-refractivity contribution in [3.63, 3.8) is 0 Å². The van der Waals surface area contributed by atoms with Crippen LogP contribution in [0.25, 0.3) is 0 Å². The summed E-state index contributed by atoms with van der Waals surface area (Å²) < 4.78 is 2.02. The zero-order valence-electron chi connectivity index (χ0n) is 14.8. The van der Waals surface area contributed by atoms with Crippen molar-refractivity contribution in [2.24, 2.45) is 0 Å². The van der Waals surface area contributed by atoms with Gasteiger partial charge in [-0.25, -0.2) is 0 Å². The van der Waals surface area contributed by atoms with Crippen LogP contribution in [0, 0.1) is 18.8 Å². The standard InChI is InChI=1S/C23H20N2O/c1-18-6-5-9-20(14-18)17-25-13-12-24-16-21(15-22(24)23(25)26)11-10-19-7-3-2-4-8-19/h2-9,14-16H,12-13,17H2,1H3. The second-order valence-electron chi connectivity index (χ2n) is 6.64. The lowest BCUT2D eigenvalue weighted by molar-refractivity contribution is 0.0691. The maximum absolute atomic E-state index is 12.9. The number of amides is 1. The van der Waals surface area contributed by atoms with Gasteiger partial charge in [-0.2, -0.15) is 0 Å². The van der Waals surface area contributed by atoms with E-state index in [1.165, 1.54) is 11.1 Å². The van der Waals surface area contributed by atoms with Gasteiger partial charge in [0.05, 0.1) is 0 Å². The minimum atomic E-state index is 0.0746. The number of hydrogen-bond acceptors (Lipinski definition) is 1. The summed E-state index contributed by atoms with van der Waals surface area (Å²) >= 11 is 0. The number of carbonyl (C=O) groups excluding carboxylic acids is 1. The normalized spacial score (nSPS) is 13.1. The van der Waals surface area contributed by atoms with Gasteiger partial charge in [0.25, 0.3) is 5.91 Å². The number of aryl methyl sites for hydroxylation is 1. The monoisotopic (exact) mass is 340 g/mol. The first-order valence-electron chi connectivity index (χ1n) is 8.81. The number of aromatic nitrogens is 1. The Bertz CT molecular complexity index is 1010. The Kier molecular flexibility index (Phi) is 4.33. The van der Waals surface area contributed by atoms with Crippen LogP contribution in [0.4, 0.5) is 0 Å². The predicted molar refractivity (Wildman–Crippen MR) is 103 cm³/mol. The minimum Gasteiger partial charge on any atom is -0.340 e. The van der Waals surface area contributed by atoms with Crippen molar-refractivity contribution in [1.29, 1.82) is 0 Å². The van der Waals surface area contributed by atoms with Crippen LogP contribution in [0.2, 0.25) is 0 Å². The van der Waals surface area contributed by atoms with Crippen molar-refractivity contribution >= 4 is 5.91 Å². The molecule has 1 aliphatic heterocycles. The zero-order valence-corrected chi connectivity index (χ0v) is 14.8. The Morgan fingerprint density at radius 1 is 0.923 bits per heavy atom.